The molecule has 0 saturated carbocycles. The van der Waals surface area contributed by atoms with Crippen molar-refractivity contribution in [2.45, 2.75) is 19.3 Å². The molecule has 0 aliphatic heterocycles. The number of benzene rings is 1. The molecule has 2 rings (SSSR count). The summed E-state index contributed by atoms with van der Waals surface area (Å²) in [6.07, 6.45) is -2.73. The molecule has 0 fully saturated rings. The van der Waals surface area contributed by atoms with E-state index in [-0.39, 0.29) is 30.5 Å². The van der Waals surface area contributed by atoms with E-state index in [0.717, 1.165) is 17.7 Å². The van der Waals surface area contributed by atoms with Crippen LogP contribution in [0, 0.1) is 0 Å². The molecule has 0 aliphatic carbocycles. The largest absolute Gasteiger partial charge is 0.481 e. The molecule has 0 bridgehead atoms. The van der Waals surface area contributed by atoms with Gasteiger partial charge in [-0.1, -0.05) is 18.2 Å². The van der Waals surface area contributed by atoms with Crippen LogP contribution < -0.4 is 15.4 Å². The fourth-order valence-corrected chi connectivity index (χ4v) is 2.19. The maximum atomic E-state index is 12.7. The SMILES string of the molecule is CN=C(NCc1cccc(C(F)(F)F)c1)NCc1cccnc1OC.I. The van der Waals surface area contributed by atoms with Gasteiger partial charge in [0.25, 0.3) is 0 Å². The summed E-state index contributed by atoms with van der Waals surface area (Å²) in [4.78, 5) is 8.15. The van der Waals surface area contributed by atoms with Gasteiger partial charge in [0.05, 0.1) is 12.7 Å². The highest BCUT2D eigenvalue weighted by atomic mass is 127. The van der Waals surface area contributed by atoms with Gasteiger partial charge < -0.3 is 15.4 Å². The van der Waals surface area contributed by atoms with Gasteiger partial charge in [-0.3, -0.25) is 4.99 Å². The molecule has 2 N–H and O–H groups in total. The minimum absolute atomic E-state index is 0. The number of aliphatic imine (C=N–C) groups is 1. The summed E-state index contributed by atoms with van der Waals surface area (Å²) in [6, 6.07) is 8.82. The fourth-order valence-electron chi connectivity index (χ4n) is 2.19. The maximum absolute atomic E-state index is 12.7. The van der Waals surface area contributed by atoms with Gasteiger partial charge in [-0.2, -0.15) is 13.2 Å². The molecule has 2 aromatic rings. The number of nitrogens with one attached hydrogen (secondary N) is 2. The molecule has 0 unspecified atom stereocenters. The van der Waals surface area contributed by atoms with Gasteiger partial charge in [0, 0.05) is 31.9 Å². The zero-order chi connectivity index (χ0) is 18.3. The molecule has 5 nitrogen and oxygen atoms in total. The second kappa shape index (κ2) is 10.2. The Morgan fingerprint density at radius 2 is 1.88 bits per heavy atom. The quantitative estimate of drug-likeness (QED) is 0.390. The summed E-state index contributed by atoms with van der Waals surface area (Å²) in [5.41, 5.74) is 0.679. The first-order valence-corrected chi connectivity index (χ1v) is 7.52. The van der Waals surface area contributed by atoms with Crippen LogP contribution in [0.15, 0.2) is 47.6 Å². The summed E-state index contributed by atoms with van der Waals surface area (Å²) >= 11 is 0. The number of pyridine rings is 1. The number of methoxy groups -OCH3 is 1. The van der Waals surface area contributed by atoms with Gasteiger partial charge in [-0.05, 0) is 23.8 Å². The molecule has 0 aliphatic rings. The number of rotatable bonds is 5. The molecule has 26 heavy (non-hydrogen) atoms. The Kier molecular flexibility index (Phi) is 8.62. The average Bonchev–Trinajstić information content (AvgIpc) is 2.61. The predicted molar refractivity (Wildman–Crippen MR) is 105 cm³/mol. The summed E-state index contributed by atoms with van der Waals surface area (Å²) in [7, 11) is 3.12. The molecule has 1 heterocycles. The number of ether oxygens (including phenoxy) is 1. The molecule has 142 valence electrons. The maximum Gasteiger partial charge on any atom is 0.416 e. The molecule has 0 atom stereocenters. The fraction of sp³-hybridized carbons (Fsp3) is 0.294. The number of nitrogens with zero attached hydrogens (tertiary/aromatic N) is 2. The van der Waals surface area contributed by atoms with Crippen molar-refractivity contribution in [3.8, 4) is 5.88 Å². The Balaban J connectivity index is 0.00000338. The normalized spacial score (nSPS) is 11.5. The van der Waals surface area contributed by atoms with Gasteiger partial charge in [0.15, 0.2) is 5.96 Å². The van der Waals surface area contributed by atoms with Crippen molar-refractivity contribution in [1.82, 2.24) is 15.6 Å². The first kappa shape index (κ1) is 22.0. The number of alkyl halides is 3. The monoisotopic (exact) mass is 480 g/mol. The van der Waals surface area contributed by atoms with Crippen molar-refractivity contribution in [1.29, 1.82) is 0 Å². The lowest BCUT2D eigenvalue weighted by Gasteiger charge is -2.14. The zero-order valence-electron chi connectivity index (χ0n) is 14.3. The molecule has 0 saturated heterocycles. The second-order valence-corrected chi connectivity index (χ2v) is 5.15. The van der Waals surface area contributed by atoms with Gasteiger partial charge in [-0.15, -0.1) is 24.0 Å². The van der Waals surface area contributed by atoms with E-state index < -0.39 is 11.7 Å². The zero-order valence-corrected chi connectivity index (χ0v) is 16.6. The minimum Gasteiger partial charge on any atom is -0.481 e. The van der Waals surface area contributed by atoms with E-state index in [4.69, 9.17) is 4.74 Å². The van der Waals surface area contributed by atoms with Gasteiger partial charge >= 0.3 is 6.18 Å². The van der Waals surface area contributed by atoms with Crippen LogP contribution in [0.5, 0.6) is 5.88 Å². The third-order valence-corrected chi connectivity index (χ3v) is 3.43. The van der Waals surface area contributed by atoms with Crippen LogP contribution in [0.2, 0.25) is 0 Å². The first-order chi connectivity index (χ1) is 11.9. The van der Waals surface area contributed by atoms with Crippen LogP contribution in [0.25, 0.3) is 0 Å². The van der Waals surface area contributed by atoms with Gasteiger partial charge in [0.2, 0.25) is 5.88 Å². The predicted octanol–water partition coefficient (Wildman–Crippen LogP) is 3.59. The molecule has 0 amide bonds. The van der Waals surface area contributed by atoms with Crippen LogP contribution in [0.4, 0.5) is 13.2 Å². The van der Waals surface area contributed by atoms with Crippen molar-refractivity contribution >= 4 is 29.9 Å². The molecular weight excluding hydrogens is 460 g/mol. The van der Waals surface area contributed by atoms with Crippen molar-refractivity contribution < 1.29 is 17.9 Å². The summed E-state index contributed by atoms with van der Waals surface area (Å²) < 4.78 is 43.4. The second-order valence-electron chi connectivity index (χ2n) is 5.15. The van der Waals surface area contributed by atoms with Gasteiger partial charge in [-0.25, -0.2) is 4.98 Å². The van der Waals surface area contributed by atoms with Crippen molar-refractivity contribution in [2.24, 2.45) is 4.99 Å². The molecule has 9 heteroatoms. The summed E-state index contributed by atoms with van der Waals surface area (Å²) in [5, 5.41) is 6.05. The molecule has 1 aromatic carbocycles. The number of aromatic nitrogens is 1. The van der Waals surface area contributed by atoms with Crippen molar-refractivity contribution in [3.63, 3.8) is 0 Å². The molecule has 1 aromatic heterocycles. The van der Waals surface area contributed by atoms with Crippen LogP contribution >= 0.6 is 24.0 Å². The summed E-state index contributed by atoms with van der Waals surface area (Å²) in [6.45, 7) is 0.632. The van der Waals surface area contributed by atoms with E-state index in [1.54, 1.807) is 25.4 Å². The molecular formula is C17H20F3IN4O. The Morgan fingerprint density at radius 1 is 1.15 bits per heavy atom. The Morgan fingerprint density at radius 3 is 2.54 bits per heavy atom. The van der Waals surface area contributed by atoms with Crippen LogP contribution in [0.3, 0.4) is 0 Å². The van der Waals surface area contributed by atoms with E-state index in [9.17, 15) is 13.2 Å². The van der Waals surface area contributed by atoms with Crippen molar-refractivity contribution in [3.05, 3.63) is 59.3 Å². The van der Waals surface area contributed by atoms with E-state index in [0.29, 0.717) is 23.9 Å². The third-order valence-electron chi connectivity index (χ3n) is 3.43. The third kappa shape index (κ3) is 6.36. The topological polar surface area (TPSA) is 58.5 Å². The highest BCUT2D eigenvalue weighted by molar-refractivity contribution is 14.0. The standard InChI is InChI=1S/C17H19F3N4O.HI/c1-21-16(24-11-13-6-4-8-22-15(13)25-2)23-10-12-5-3-7-14(9-12)17(18,19)20;/h3-9H,10-11H2,1-2H3,(H2,21,23,24);1H. The Labute approximate surface area is 167 Å². The smallest absolute Gasteiger partial charge is 0.416 e. The lowest BCUT2D eigenvalue weighted by molar-refractivity contribution is -0.137. The molecule has 0 radical (unpaired) electrons. The Hall–Kier alpha value is -2.04. The van der Waals surface area contributed by atoms with E-state index >= 15 is 0 Å². The summed E-state index contributed by atoms with van der Waals surface area (Å²) in [5.74, 6) is 0.964. The van der Waals surface area contributed by atoms with Gasteiger partial charge in [0.1, 0.15) is 0 Å². The van der Waals surface area contributed by atoms with Crippen LogP contribution in [-0.2, 0) is 19.3 Å². The highest BCUT2D eigenvalue weighted by Gasteiger charge is 2.30. The number of guanidine groups is 1. The first-order valence-electron chi connectivity index (χ1n) is 7.52. The highest BCUT2D eigenvalue weighted by Crippen LogP contribution is 2.29. The van der Waals surface area contributed by atoms with Crippen LogP contribution in [-0.4, -0.2) is 25.1 Å². The lowest BCUT2D eigenvalue weighted by atomic mass is 10.1. The minimum atomic E-state index is -4.35. The van der Waals surface area contributed by atoms with E-state index in [1.807, 2.05) is 6.07 Å². The Bertz CT molecular complexity index is 738. The molecule has 0 spiro atoms. The average molecular weight is 480 g/mol. The number of halogens is 4. The lowest BCUT2D eigenvalue weighted by Crippen LogP contribution is -2.36. The number of hydrogen-bond acceptors (Lipinski definition) is 3. The van der Waals surface area contributed by atoms with E-state index in [1.165, 1.54) is 13.2 Å². The van der Waals surface area contributed by atoms with Crippen LogP contribution in [0.1, 0.15) is 16.7 Å². The van der Waals surface area contributed by atoms with Crippen molar-refractivity contribution in [2.75, 3.05) is 14.2 Å². The van der Waals surface area contributed by atoms with E-state index in [2.05, 4.69) is 20.6 Å². The number of hydrogen-bond donors (Lipinski definition) is 2.